The highest BCUT2D eigenvalue weighted by Crippen LogP contribution is 2.19. The summed E-state index contributed by atoms with van der Waals surface area (Å²) < 4.78 is 5.33. The fourth-order valence-electron chi connectivity index (χ4n) is 3.10. The molecule has 1 atom stereocenters. The lowest BCUT2D eigenvalue weighted by molar-refractivity contribution is -0.126. The fourth-order valence-corrected chi connectivity index (χ4v) is 3.10. The maximum absolute atomic E-state index is 12.6. The van der Waals surface area contributed by atoms with E-state index in [0.29, 0.717) is 13.1 Å². The van der Waals surface area contributed by atoms with Crippen LogP contribution in [0.3, 0.4) is 0 Å². The van der Waals surface area contributed by atoms with E-state index < -0.39 is 0 Å². The normalized spacial score (nSPS) is 15.3. The lowest BCUT2D eigenvalue weighted by atomic mass is 10.0. The molecule has 25 heavy (non-hydrogen) atoms. The van der Waals surface area contributed by atoms with Gasteiger partial charge in [-0.3, -0.25) is 9.69 Å². The number of ether oxygens (including phenoxy) is 1. The highest BCUT2D eigenvalue weighted by Gasteiger charge is 2.26. The van der Waals surface area contributed by atoms with Crippen LogP contribution in [-0.4, -0.2) is 40.5 Å². The van der Waals surface area contributed by atoms with Gasteiger partial charge >= 0.3 is 0 Å². The molecule has 1 N–H and O–H groups in total. The van der Waals surface area contributed by atoms with Gasteiger partial charge in [0.05, 0.1) is 18.8 Å². The average Bonchev–Trinajstić information content (AvgIpc) is 2.65. The zero-order chi connectivity index (χ0) is 17.8. The zero-order valence-electron chi connectivity index (χ0n) is 15.0. The van der Waals surface area contributed by atoms with Crippen molar-refractivity contribution in [1.82, 2.24) is 20.2 Å². The van der Waals surface area contributed by atoms with Gasteiger partial charge in [0.25, 0.3) is 0 Å². The van der Waals surface area contributed by atoms with Gasteiger partial charge in [-0.15, -0.1) is 0 Å². The van der Waals surface area contributed by atoms with Crippen molar-refractivity contribution in [2.75, 3.05) is 13.7 Å². The molecule has 6 heteroatoms. The second-order valence-corrected chi connectivity index (χ2v) is 6.32. The monoisotopic (exact) mass is 340 g/mol. The molecule has 0 saturated carbocycles. The van der Waals surface area contributed by atoms with Crippen LogP contribution in [0.25, 0.3) is 0 Å². The van der Waals surface area contributed by atoms with Crippen LogP contribution in [-0.2, 0) is 24.3 Å². The smallest absolute Gasteiger partial charge is 0.237 e. The number of benzene rings is 1. The number of rotatable bonds is 5. The quantitative estimate of drug-likeness (QED) is 0.900. The standard InChI is InChI=1S/C19H24N4O2/c1-13(19(24)21-11-16-6-4-5-7-18(16)25-3)23-9-8-15-10-20-14(2)22-17(15)12-23/h4-7,10,13H,8-9,11-12H2,1-3H3,(H,21,24)/t13-/m0/s1. The number of aromatic nitrogens is 2. The van der Waals surface area contributed by atoms with Crippen LogP contribution in [0.4, 0.5) is 0 Å². The zero-order valence-corrected chi connectivity index (χ0v) is 15.0. The van der Waals surface area contributed by atoms with Crippen LogP contribution in [0, 0.1) is 6.92 Å². The van der Waals surface area contributed by atoms with Gasteiger partial charge in [-0.2, -0.15) is 0 Å². The molecule has 0 bridgehead atoms. The molecule has 2 aromatic rings. The second kappa shape index (κ2) is 7.61. The average molecular weight is 340 g/mol. The third kappa shape index (κ3) is 3.96. The number of nitrogens with one attached hydrogen (secondary N) is 1. The minimum atomic E-state index is -0.210. The molecule has 0 spiro atoms. The SMILES string of the molecule is COc1ccccc1CNC(=O)[C@H](C)N1CCc2cnc(C)nc2C1. The molecule has 1 amide bonds. The minimum Gasteiger partial charge on any atom is -0.496 e. The molecular weight excluding hydrogens is 316 g/mol. The molecule has 1 aliphatic heterocycles. The molecule has 0 saturated heterocycles. The first kappa shape index (κ1) is 17.4. The summed E-state index contributed by atoms with van der Waals surface area (Å²) in [7, 11) is 1.64. The van der Waals surface area contributed by atoms with Crippen molar-refractivity contribution in [1.29, 1.82) is 0 Å². The first-order valence-corrected chi connectivity index (χ1v) is 8.53. The summed E-state index contributed by atoms with van der Waals surface area (Å²) in [4.78, 5) is 23.5. The van der Waals surface area contributed by atoms with Crippen LogP contribution in [0.5, 0.6) is 5.75 Å². The molecular formula is C19H24N4O2. The van der Waals surface area contributed by atoms with E-state index in [9.17, 15) is 4.79 Å². The predicted molar refractivity (Wildman–Crippen MR) is 95.2 cm³/mol. The number of hydrogen-bond acceptors (Lipinski definition) is 5. The summed E-state index contributed by atoms with van der Waals surface area (Å²) in [5.74, 6) is 1.57. The first-order valence-electron chi connectivity index (χ1n) is 8.53. The Kier molecular flexibility index (Phi) is 5.28. The van der Waals surface area contributed by atoms with Gasteiger partial charge in [0.15, 0.2) is 0 Å². The molecule has 0 aliphatic carbocycles. The van der Waals surface area contributed by atoms with Crippen molar-refractivity contribution in [3.05, 3.63) is 53.1 Å². The molecule has 1 aromatic carbocycles. The number of fused-ring (bicyclic) bond motifs is 1. The van der Waals surface area contributed by atoms with Crippen LogP contribution in [0.2, 0.25) is 0 Å². The van der Waals surface area contributed by atoms with Gasteiger partial charge in [-0.05, 0) is 31.9 Å². The van der Waals surface area contributed by atoms with Crippen molar-refractivity contribution < 1.29 is 9.53 Å². The van der Waals surface area contributed by atoms with Gasteiger partial charge < -0.3 is 10.1 Å². The number of nitrogens with zero attached hydrogens (tertiary/aromatic N) is 3. The number of carbonyl (C=O) groups excluding carboxylic acids is 1. The first-order chi connectivity index (χ1) is 12.1. The van der Waals surface area contributed by atoms with Crippen LogP contribution >= 0.6 is 0 Å². The molecule has 0 unspecified atom stereocenters. The largest absolute Gasteiger partial charge is 0.496 e. The van der Waals surface area contributed by atoms with Crippen LogP contribution < -0.4 is 10.1 Å². The summed E-state index contributed by atoms with van der Waals surface area (Å²) >= 11 is 0. The van der Waals surface area contributed by atoms with E-state index in [2.05, 4.69) is 20.2 Å². The molecule has 1 aromatic heterocycles. The van der Waals surface area contributed by atoms with Gasteiger partial charge in [0.1, 0.15) is 11.6 Å². The van der Waals surface area contributed by atoms with E-state index in [0.717, 1.165) is 35.8 Å². The second-order valence-electron chi connectivity index (χ2n) is 6.32. The maximum atomic E-state index is 12.6. The molecule has 0 fully saturated rings. The molecule has 0 radical (unpaired) electrons. The van der Waals surface area contributed by atoms with Crippen molar-refractivity contribution in [3.8, 4) is 5.75 Å². The Hall–Kier alpha value is -2.47. The number of carbonyl (C=O) groups is 1. The molecule has 132 valence electrons. The predicted octanol–water partition coefficient (Wildman–Crippen LogP) is 1.86. The summed E-state index contributed by atoms with van der Waals surface area (Å²) in [6.45, 7) is 5.81. The topological polar surface area (TPSA) is 67.3 Å². The van der Waals surface area contributed by atoms with E-state index in [4.69, 9.17) is 4.74 Å². The Balaban J connectivity index is 1.61. The van der Waals surface area contributed by atoms with Gasteiger partial charge in [0, 0.05) is 31.4 Å². The van der Waals surface area contributed by atoms with Crippen LogP contribution in [0.1, 0.15) is 29.6 Å². The minimum absolute atomic E-state index is 0.0140. The van der Waals surface area contributed by atoms with E-state index in [1.165, 1.54) is 5.56 Å². The third-order valence-corrected chi connectivity index (χ3v) is 4.67. The van der Waals surface area contributed by atoms with Crippen molar-refractivity contribution in [2.24, 2.45) is 0 Å². The Morgan fingerprint density at radius 1 is 1.40 bits per heavy atom. The molecule has 1 aliphatic rings. The number of aryl methyl sites for hydroxylation is 1. The number of amides is 1. The number of hydrogen-bond donors (Lipinski definition) is 1. The van der Waals surface area contributed by atoms with E-state index >= 15 is 0 Å². The molecule has 2 heterocycles. The van der Waals surface area contributed by atoms with E-state index in [1.807, 2.05) is 44.3 Å². The maximum Gasteiger partial charge on any atom is 0.237 e. The fraction of sp³-hybridized carbons (Fsp3) is 0.421. The lowest BCUT2D eigenvalue weighted by Gasteiger charge is -2.32. The van der Waals surface area contributed by atoms with Crippen molar-refractivity contribution in [3.63, 3.8) is 0 Å². The third-order valence-electron chi connectivity index (χ3n) is 4.67. The van der Waals surface area contributed by atoms with Crippen LogP contribution in [0.15, 0.2) is 30.5 Å². The van der Waals surface area contributed by atoms with Crippen molar-refractivity contribution in [2.45, 2.75) is 39.4 Å². The van der Waals surface area contributed by atoms with Crippen molar-refractivity contribution >= 4 is 5.91 Å². The number of methoxy groups -OCH3 is 1. The summed E-state index contributed by atoms with van der Waals surface area (Å²) in [5.41, 5.74) is 3.18. The van der Waals surface area contributed by atoms with Gasteiger partial charge in [-0.1, -0.05) is 18.2 Å². The molecule has 6 nitrogen and oxygen atoms in total. The van der Waals surface area contributed by atoms with Gasteiger partial charge in [-0.25, -0.2) is 9.97 Å². The van der Waals surface area contributed by atoms with E-state index in [-0.39, 0.29) is 11.9 Å². The Morgan fingerprint density at radius 3 is 3.00 bits per heavy atom. The Bertz CT molecular complexity index is 763. The summed E-state index contributed by atoms with van der Waals surface area (Å²) in [6, 6.07) is 7.51. The summed E-state index contributed by atoms with van der Waals surface area (Å²) in [6.07, 6.45) is 2.78. The Morgan fingerprint density at radius 2 is 2.20 bits per heavy atom. The number of para-hydroxylation sites is 1. The molecule has 3 rings (SSSR count). The van der Waals surface area contributed by atoms with Gasteiger partial charge in [0.2, 0.25) is 5.91 Å². The lowest BCUT2D eigenvalue weighted by Crippen LogP contribution is -2.47. The Labute approximate surface area is 148 Å². The summed E-state index contributed by atoms with van der Waals surface area (Å²) in [5, 5.41) is 3.01. The highest BCUT2D eigenvalue weighted by atomic mass is 16.5. The van der Waals surface area contributed by atoms with E-state index in [1.54, 1.807) is 7.11 Å². The highest BCUT2D eigenvalue weighted by molar-refractivity contribution is 5.81.